The molecule has 0 saturated carbocycles. The van der Waals surface area contributed by atoms with Crippen molar-refractivity contribution in [2.45, 2.75) is 6.92 Å². The van der Waals surface area contributed by atoms with Crippen molar-refractivity contribution in [3.8, 4) is 23.4 Å². The normalized spacial score (nSPS) is 10.1. The van der Waals surface area contributed by atoms with Gasteiger partial charge in [0.05, 0.1) is 10.0 Å². The molecule has 2 aromatic carbocycles. The van der Waals surface area contributed by atoms with Gasteiger partial charge in [0.2, 0.25) is 5.88 Å². The number of aromatic nitrogens is 1. The molecule has 0 fully saturated rings. The number of carbonyl (C=O) groups excluding carboxylic acids is 1. The van der Waals surface area contributed by atoms with Gasteiger partial charge in [0.15, 0.2) is 6.61 Å². The maximum Gasteiger partial charge on any atom is 0.262 e. The Morgan fingerprint density at radius 3 is 2.66 bits per heavy atom. The summed E-state index contributed by atoms with van der Waals surface area (Å²) in [6.45, 7) is 1.64. The maximum absolute atomic E-state index is 12.2. The monoisotopic (exact) mass is 427 g/mol. The van der Waals surface area contributed by atoms with Gasteiger partial charge in [-0.1, -0.05) is 23.2 Å². The van der Waals surface area contributed by atoms with Gasteiger partial charge in [-0.05, 0) is 55.0 Å². The van der Waals surface area contributed by atoms with E-state index in [2.05, 4.69) is 10.3 Å². The molecule has 1 amide bonds. The highest BCUT2D eigenvalue weighted by atomic mass is 35.5. The first-order chi connectivity index (χ1) is 14.0. The lowest BCUT2D eigenvalue weighted by molar-refractivity contribution is -0.118. The van der Waals surface area contributed by atoms with E-state index >= 15 is 0 Å². The quantitative estimate of drug-likeness (QED) is 0.570. The van der Waals surface area contributed by atoms with Crippen LogP contribution in [0, 0.1) is 18.3 Å². The molecule has 0 aliphatic carbocycles. The van der Waals surface area contributed by atoms with Gasteiger partial charge in [0.1, 0.15) is 23.1 Å². The van der Waals surface area contributed by atoms with Gasteiger partial charge in [-0.25, -0.2) is 4.98 Å². The van der Waals surface area contributed by atoms with Crippen LogP contribution in [-0.2, 0) is 4.79 Å². The van der Waals surface area contributed by atoms with Crippen molar-refractivity contribution in [3.63, 3.8) is 0 Å². The summed E-state index contributed by atoms with van der Waals surface area (Å²) in [5.41, 5.74) is 1.73. The van der Waals surface area contributed by atoms with Crippen molar-refractivity contribution < 1.29 is 14.3 Å². The number of ether oxygens (including phenoxy) is 2. The van der Waals surface area contributed by atoms with E-state index in [1.54, 1.807) is 54.7 Å². The van der Waals surface area contributed by atoms with Crippen LogP contribution in [0.15, 0.2) is 54.7 Å². The average Bonchev–Trinajstić information content (AvgIpc) is 2.71. The smallest absolute Gasteiger partial charge is 0.262 e. The molecule has 0 radical (unpaired) electrons. The van der Waals surface area contributed by atoms with Crippen molar-refractivity contribution in [2.24, 2.45) is 0 Å². The van der Waals surface area contributed by atoms with Crippen LogP contribution >= 0.6 is 23.2 Å². The summed E-state index contributed by atoms with van der Waals surface area (Å²) in [6, 6.07) is 15.2. The summed E-state index contributed by atoms with van der Waals surface area (Å²) in [5, 5.41) is 12.6. The molecule has 8 heteroatoms. The Balaban J connectivity index is 1.62. The highest BCUT2D eigenvalue weighted by Crippen LogP contribution is 2.28. The summed E-state index contributed by atoms with van der Waals surface area (Å²) in [7, 11) is 0. The number of nitriles is 1. The predicted octanol–water partition coefficient (Wildman–Crippen LogP) is 5.38. The van der Waals surface area contributed by atoms with Gasteiger partial charge in [-0.3, -0.25) is 4.79 Å². The SMILES string of the molecule is Cc1cc(Oc2ncccc2C#N)ccc1NC(=O)COc1ccc(Cl)c(Cl)c1. The zero-order chi connectivity index (χ0) is 20.8. The van der Waals surface area contributed by atoms with Crippen molar-refractivity contribution in [1.29, 1.82) is 5.26 Å². The average molecular weight is 428 g/mol. The van der Waals surface area contributed by atoms with Crippen molar-refractivity contribution in [2.75, 3.05) is 11.9 Å². The van der Waals surface area contributed by atoms with Crippen LogP contribution < -0.4 is 14.8 Å². The van der Waals surface area contributed by atoms with Crippen LogP contribution in [0.3, 0.4) is 0 Å². The van der Waals surface area contributed by atoms with E-state index in [0.29, 0.717) is 32.8 Å². The second-order valence-corrected chi connectivity index (χ2v) is 6.77. The van der Waals surface area contributed by atoms with Crippen molar-refractivity contribution >= 4 is 34.8 Å². The number of amides is 1. The fourth-order valence-corrected chi connectivity index (χ4v) is 2.70. The lowest BCUT2D eigenvalue weighted by atomic mass is 10.2. The Hall–Kier alpha value is -3.27. The minimum absolute atomic E-state index is 0.185. The number of pyridine rings is 1. The zero-order valence-electron chi connectivity index (χ0n) is 15.3. The fraction of sp³-hybridized carbons (Fsp3) is 0.0952. The van der Waals surface area contributed by atoms with Crippen molar-refractivity contribution in [1.82, 2.24) is 4.98 Å². The van der Waals surface area contributed by atoms with Crippen LogP contribution in [0.2, 0.25) is 10.0 Å². The Kier molecular flexibility index (Phi) is 6.55. The van der Waals surface area contributed by atoms with Gasteiger partial charge in [-0.2, -0.15) is 5.26 Å². The molecule has 1 heterocycles. The third-order valence-corrected chi connectivity index (χ3v) is 4.58. The van der Waals surface area contributed by atoms with E-state index in [0.717, 1.165) is 5.56 Å². The molecule has 0 spiro atoms. The van der Waals surface area contributed by atoms with E-state index in [1.807, 2.05) is 13.0 Å². The van der Waals surface area contributed by atoms with E-state index < -0.39 is 0 Å². The van der Waals surface area contributed by atoms with Gasteiger partial charge in [0, 0.05) is 18.0 Å². The van der Waals surface area contributed by atoms with Crippen LogP contribution in [0.25, 0.3) is 0 Å². The van der Waals surface area contributed by atoms with E-state index in [4.69, 9.17) is 37.9 Å². The molecule has 146 valence electrons. The number of aryl methyl sites for hydroxylation is 1. The molecular weight excluding hydrogens is 413 g/mol. The summed E-state index contributed by atoms with van der Waals surface area (Å²) < 4.78 is 11.1. The predicted molar refractivity (Wildman–Crippen MR) is 111 cm³/mol. The van der Waals surface area contributed by atoms with Gasteiger partial charge >= 0.3 is 0 Å². The minimum Gasteiger partial charge on any atom is -0.484 e. The van der Waals surface area contributed by atoms with Crippen LogP contribution in [0.1, 0.15) is 11.1 Å². The molecule has 0 saturated heterocycles. The molecule has 29 heavy (non-hydrogen) atoms. The van der Waals surface area contributed by atoms with E-state index in [9.17, 15) is 4.79 Å². The minimum atomic E-state index is -0.329. The maximum atomic E-state index is 12.2. The molecule has 3 aromatic rings. The molecule has 1 N–H and O–H groups in total. The number of benzene rings is 2. The second-order valence-electron chi connectivity index (χ2n) is 5.96. The number of carbonyl (C=O) groups is 1. The first-order valence-electron chi connectivity index (χ1n) is 8.47. The Morgan fingerprint density at radius 1 is 1.14 bits per heavy atom. The third kappa shape index (κ3) is 5.38. The van der Waals surface area contributed by atoms with E-state index in [-0.39, 0.29) is 18.4 Å². The molecule has 3 rings (SSSR count). The number of halogens is 2. The van der Waals surface area contributed by atoms with Crippen LogP contribution in [0.4, 0.5) is 5.69 Å². The second kappa shape index (κ2) is 9.28. The zero-order valence-corrected chi connectivity index (χ0v) is 16.8. The Labute approximate surface area is 177 Å². The fourth-order valence-electron chi connectivity index (χ4n) is 2.41. The lowest BCUT2D eigenvalue weighted by Crippen LogP contribution is -2.20. The number of anilines is 1. The van der Waals surface area contributed by atoms with Crippen LogP contribution in [-0.4, -0.2) is 17.5 Å². The first-order valence-corrected chi connectivity index (χ1v) is 9.23. The molecule has 0 bridgehead atoms. The van der Waals surface area contributed by atoms with Gasteiger partial charge in [0.25, 0.3) is 5.91 Å². The molecule has 0 aliphatic rings. The third-order valence-electron chi connectivity index (χ3n) is 3.84. The van der Waals surface area contributed by atoms with Gasteiger partial charge < -0.3 is 14.8 Å². The molecule has 0 unspecified atom stereocenters. The Bertz CT molecular complexity index is 1100. The molecule has 6 nitrogen and oxygen atoms in total. The number of nitrogens with one attached hydrogen (secondary N) is 1. The lowest BCUT2D eigenvalue weighted by Gasteiger charge is -2.12. The first kappa shape index (κ1) is 20.5. The van der Waals surface area contributed by atoms with E-state index in [1.165, 1.54) is 0 Å². The Morgan fingerprint density at radius 2 is 1.93 bits per heavy atom. The summed E-state index contributed by atoms with van der Waals surface area (Å²) >= 11 is 11.8. The van der Waals surface area contributed by atoms with Crippen LogP contribution in [0.5, 0.6) is 17.4 Å². The summed E-state index contributed by atoms with van der Waals surface area (Å²) in [5.74, 6) is 0.840. The topological polar surface area (TPSA) is 84.2 Å². The standard InChI is InChI=1S/C21H15Cl2N3O3/c1-13-9-16(29-21-14(11-24)3-2-8-25-21)5-7-19(13)26-20(27)12-28-15-4-6-17(22)18(23)10-15/h2-10H,12H2,1H3,(H,26,27). The number of rotatable bonds is 6. The summed E-state index contributed by atoms with van der Waals surface area (Å²) in [4.78, 5) is 16.2. The largest absolute Gasteiger partial charge is 0.484 e. The molecule has 0 aliphatic heterocycles. The molecule has 1 aromatic heterocycles. The number of hydrogen-bond acceptors (Lipinski definition) is 5. The molecular formula is C21H15Cl2N3O3. The number of nitrogens with zero attached hydrogens (tertiary/aromatic N) is 2. The summed E-state index contributed by atoms with van der Waals surface area (Å²) in [6.07, 6.45) is 1.55. The van der Waals surface area contributed by atoms with Crippen molar-refractivity contribution in [3.05, 3.63) is 75.9 Å². The highest BCUT2D eigenvalue weighted by Gasteiger charge is 2.10. The highest BCUT2D eigenvalue weighted by molar-refractivity contribution is 6.42. The molecule has 0 atom stereocenters. The van der Waals surface area contributed by atoms with Gasteiger partial charge in [-0.15, -0.1) is 0 Å². The number of hydrogen-bond donors (Lipinski definition) is 1.